The van der Waals surface area contributed by atoms with Crippen molar-refractivity contribution in [3.05, 3.63) is 58.0 Å². The molecule has 4 N–H and O–H groups in total. The first-order valence-electron chi connectivity index (χ1n) is 7.28. The minimum atomic E-state index is -0.497. The van der Waals surface area contributed by atoms with Gasteiger partial charge in [0.15, 0.2) is 0 Å². The van der Waals surface area contributed by atoms with Crippen molar-refractivity contribution in [3.63, 3.8) is 0 Å². The van der Waals surface area contributed by atoms with Crippen LogP contribution in [0.3, 0.4) is 0 Å². The first-order chi connectivity index (χ1) is 11.1. The molecule has 2 heterocycles. The molecule has 0 radical (unpaired) electrons. The Balaban J connectivity index is 1.75. The Morgan fingerprint density at radius 1 is 1.22 bits per heavy atom. The van der Waals surface area contributed by atoms with E-state index in [9.17, 15) is 9.59 Å². The van der Waals surface area contributed by atoms with Crippen molar-refractivity contribution < 1.29 is 9.59 Å². The van der Waals surface area contributed by atoms with Crippen LogP contribution in [0.1, 0.15) is 26.4 Å². The van der Waals surface area contributed by atoms with Gasteiger partial charge < -0.3 is 16.4 Å². The summed E-state index contributed by atoms with van der Waals surface area (Å²) in [5, 5.41) is 0.441. The average Bonchev–Trinajstić information content (AvgIpc) is 2.88. The summed E-state index contributed by atoms with van der Waals surface area (Å²) in [6.07, 6.45) is 3.98. The maximum absolute atomic E-state index is 12.3. The van der Waals surface area contributed by atoms with Crippen LogP contribution in [0.2, 0.25) is 0 Å². The van der Waals surface area contributed by atoms with Crippen molar-refractivity contribution in [1.29, 1.82) is 0 Å². The van der Waals surface area contributed by atoms with Gasteiger partial charge in [0.25, 0.3) is 5.91 Å². The third-order valence-corrected chi connectivity index (χ3v) is 4.91. The molecule has 5 nitrogen and oxygen atoms in total. The summed E-state index contributed by atoms with van der Waals surface area (Å²) in [5.74, 6) is -0.546. The Morgan fingerprint density at radius 3 is 2.65 bits per heavy atom. The van der Waals surface area contributed by atoms with Gasteiger partial charge >= 0.3 is 0 Å². The SMILES string of the molecule is NC(=O)c1c(N)sc2c1CCN(C(=O)/C=C/c1ccccc1)C2. The van der Waals surface area contributed by atoms with Gasteiger partial charge in [-0.05, 0) is 23.6 Å². The Morgan fingerprint density at radius 2 is 1.96 bits per heavy atom. The van der Waals surface area contributed by atoms with Crippen LogP contribution in [0.5, 0.6) is 0 Å². The average molecular weight is 327 g/mol. The lowest BCUT2D eigenvalue weighted by atomic mass is 10.0. The van der Waals surface area contributed by atoms with Crippen molar-refractivity contribution in [2.24, 2.45) is 5.73 Å². The van der Waals surface area contributed by atoms with Gasteiger partial charge in [-0.3, -0.25) is 9.59 Å². The van der Waals surface area contributed by atoms with Crippen LogP contribution < -0.4 is 11.5 Å². The number of nitrogens with two attached hydrogens (primary N) is 2. The highest BCUT2D eigenvalue weighted by Gasteiger charge is 2.27. The molecule has 0 saturated heterocycles. The number of primary amides is 1. The van der Waals surface area contributed by atoms with Gasteiger partial charge in [0.1, 0.15) is 0 Å². The first-order valence-corrected chi connectivity index (χ1v) is 8.09. The monoisotopic (exact) mass is 327 g/mol. The lowest BCUT2D eigenvalue weighted by molar-refractivity contribution is -0.126. The Bertz CT molecular complexity index is 781. The van der Waals surface area contributed by atoms with Crippen molar-refractivity contribution in [2.75, 3.05) is 12.3 Å². The summed E-state index contributed by atoms with van der Waals surface area (Å²) >= 11 is 1.34. The predicted molar refractivity (Wildman–Crippen MR) is 91.8 cm³/mol. The zero-order valence-corrected chi connectivity index (χ0v) is 13.3. The van der Waals surface area contributed by atoms with Gasteiger partial charge in [-0.2, -0.15) is 0 Å². The fraction of sp³-hybridized carbons (Fsp3) is 0.176. The third-order valence-electron chi connectivity index (χ3n) is 3.86. The van der Waals surface area contributed by atoms with E-state index in [1.54, 1.807) is 17.1 Å². The van der Waals surface area contributed by atoms with E-state index in [0.717, 1.165) is 16.0 Å². The molecule has 1 aliphatic heterocycles. The van der Waals surface area contributed by atoms with E-state index in [0.29, 0.717) is 30.1 Å². The standard InChI is InChI=1S/C17H17N3O2S/c18-16(22)15-12-8-9-20(10-13(12)23-17(15)19)14(21)7-6-11-4-2-1-3-5-11/h1-7H,8-10,19H2,(H2,18,22)/b7-6+. The number of anilines is 1. The molecule has 0 unspecified atom stereocenters. The van der Waals surface area contributed by atoms with E-state index < -0.39 is 5.91 Å². The number of hydrogen-bond acceptors (Lipinski definition) is 4. The van der Waals surface area contributed by atoms with Crippen molar-refractivity contribution in [3.8, 4) is 0 Å². The van der Waals surface area contributed by atoms with E-state index in [4.69, 9.17) is 11.5 Å². The number of hydrogen-bond donors (Lipinski definition) is 2. The van der Waals surface area contributed by atoms with Crippen LogP contribution in [0.4, 0.5) is 5.00 Å². The minimum absolute atomic E-state index is 0.0490. The summed E-state index contributed by atoms with van der Waals surface area (Å²) in [6, 6.07) is 9.67. The molecule has 2 aromatic rings. The highest BCUT2D eigenvalue weighted by Crippen LogP contribution is 2.34. The highest BCUT2D eigenvalue weighted by atomic mass is 32.1. The molecule has 23 heavy (non-hydrogen) atoms. The van der Waals surface area contributed by atoms with Crippen LogP contribution in [0, 0.1) is 0 Å². The first kappa shape index (κ1) is 15.3. The second-order valence-corrected chi connectivity index (χ2v) is 6.50. The normalized spacial score (nSPS) is 14.0. The zero-order chi connectivity index (χ0) is 16.4. The largest absolute Gasteiger partial charge is 0.390 e. The smallest absolute Gasteiger partial charge is 0.251 e. The molecule has 118 valence electrons. The van der Waals surface area contributed by atoms with E-state index in [-0.39, 0.29) is 5.91 Å². The number of nitrogens with zero attached hydrogens (tertiary/aromatic N) is 1. The second kappa shape index (κ2) is 6.26. The molecule has 0 fully saturated rings. The molecule has 0 saturated carbocycles. The van der Waals surface area contributed by atoms with E-state index in [1.807, 2.05) is 30.3 Å². The summed E-state index contributed by atoms with van der Waals surface area (Å²) in [5.41, 5.74) is 13.6. The molecule has 0 bridgehead atoms. The van der Waals surface area contributed by atoms with Gasteiger partial charge in [0.05, 0.1) is 17.1 Å². The van der Waals surface area contributed by atoms with Crippen LogP contribution >= 0.6 is 11.3 Å². The molecule has 1 aromatic heterocycles. The number of carbonyl (C=O) groups is 2. The Labute approximate surface area is 138 Å². The van der Waals surface area contributed by atoms with Crippen molar-refractivity contribution >= 4 is 34.2 Å². The van der Waals surface area contributed by atoms with Crippen LogP contribution in [-0.2, 0) is 17.8 Å². The quantitative estimate of drug-likeness (QED) is 0.845. The number of amides is 2. The number of rotatable bonds is 3. The van der Waals surface area contributed by atoms with Gasteiger partial charge in [0.2, 0.25) is 5.91 Å². The molecular weight excluding hydrogens is 310 g/mol. The van der Waals surface area contributed by atoms with Gasteiger partial charge in [-0.25, -0.2) is 0 Å². The number of fused-ring (bicyclic) bond motifs is 1. The van der Waals surface area contributed by atoms with E-state index in [2.05, 4.69) is 0 Å². The summed E-state index contributed by atoms with van der Waals surface area (Å²) in [6.45, 7) is 1.02. The fourth-order valence-electron chi connectivity index (χ4n) is 2.72. The maximum atomic E-state index is 12.3. The summed E-state index contributed by atoms with van der Waals surface area (Å²) in [4.78, 5) is 26.5. The van der Waals surface area contributed by atoms with E-state index in [1.165, 1.54) is 11.3 Å². The molecular formula is C17H17N3O2S. The topological polar surface area (TPSA) is 89.4 Å². The molecule has 2 amide bonds. The van der Waals surface area contributed by atoms with Gasteiger partial charge in [-0.1, -0.05) is 30.3 Å². The van der Waals surface area contributed by atoms with Crippen molar-refractivity contribution in [1.82, 2.24) is 4.90 Å². The maximum Gasteiger partial charge on any atom is 0.251 e. The third kappa shape index (κ3) is 3.12. The lowest BCUT2D eigenvalue weighted by Gasteiger charge is -2.26. The van der Waals surface area contributed by atoms with Crippen LogP contribution in [0.15, 0.2) is 36.4 Å². The number of benzene rings is 1. The predicted octanol–water partition coefficient (Wildman–Crippen LogP) is 2.03. The fourth-order valence-corrected chi connectivity index (χ4v) is 3.86. The second-order valence-electron chi connectivity index (χ2n) is 5.36. The molecule has 6 heteroatoms. The Hall–Kier alpha value is -2.60. The highest BCUT2D eigenvalue weighted by molar-refractivity contribution is 7.16. The molecule has 3 rings (SSSR count). The molecule has 0 aliphatic carbocycles. The number of nitrogen functional groups attached to an aromatic ring is 1. The molecule has 1 aromatic carbocycles. The Kier molecular flexibility index (Phi) is 4.16. The van der Waals surface area contributed by atoms with Gasteiger partial charge in [-0.15, -0.1) is 11.3 Å². The lowest BCUT2D eigenvalue weighted by Crippen LogP contribution is -2.34. The summed E-state index contributed by atoms with van der Waals surface area (Å²) < 4.78 is 0. The van der Waals surface area contributed by atoms with Crippen LogP contribution in [-0.4, -0.2) is 23.3 Å². The van der Waals surface area contributed by atoms with Crippen LogP contribution in [0.25, 0.3) is 6.08 Å². The summed E-state index contributed by atoms with van der Waals surface area (Å²) in [7, 11) is 0. The van der Waals surface area contributed by atoms with Gasteiger partial charge in [0, 0.05) is 17.5 Å². The zero-order valence-electron chi connectivity index (χ0n) is 12.5. The number of carbonyl (C=O) groups excluding carboxylic acids is 2. The van der Waals surface area contributed by atoms with Crippen molar-refractivity contribution in [2.45, 2.75) is 13.0 Å². The molecule has 1 aliphatic rings. The molecule has 0 spiro atoms. The number of thiophene rings is 1. The molecule has 0 atom stereocenters. The van der Waals surface area contributed by atoms with E-state index >= 15 is 0 Å². The minimum Gasteiger partial charge on any atom is -0.390 e.